The number of ketones is 1. The molecule has 3 heteroatoms. The lowest BCUT2D eigenvalue weighted by molar-refractivity contribution is 0.101. The smallest absolute Gasteiger partial charge is 0.179 e. The van der Waals surface area contributed by atoms with Crippen molar-refractivity contribution in [3.63, 3.8) is 0 Å². The molecule has 0 unspecified atom stereocenters. The van der Waals surface area contributed by atoms with Crippen molar-refractivity contribution in [2.75, 3.05) is 0 Å². The van der Waals surface area contributed by atoms with E-state index in [1.165, 1.54) is 16.9 Å². The van der Waals surface area contributed by atoms with Crippen LogP contribution in [0.25, 0.3) is 10.4 Å². The number of hydrogen-bond acceptors (Lipinski definition) is 3. The van der Waals surface area contributed by atoms with Crippen molar-refractivity contribution in [3.05, 3.63) is 41.0 Å². The summed E-state index contributed by atoms with van der Waals surface area (Å²) in [5.74, 6) is 0.0196. The number of nitrogens with zero attached hydrogens (tertiary/aromatic N) is 1. The van der Waals surface area contributed by atoms with Crippen molar-refractivity contribution < 1.29 is 4.79 Å². The normalized spacial score (nSPS) is 11.6. The van der Waals surface area contributed by atoms with Gasteiger partial charge < -0.3 is 0 Å². The van der Waals surface area contributed by atoms with Crippen LogP contribution in [0.15, 0.2) is 29.8 Å². The van der Waals surface area contributed by atoms with Crippen LogP contribution in [0.3, 0.4) is 0 Å². The zero-order valence-corrected chi connectivity index (χ0v) is 12.0. The standard InChI is InChI=1S/C15H17NOS/c1-10(17)13-14(18-9-16-13)11-5-7-12(8-6-11)15(2,3)4/h5-9H,1-4H3. The van der Waals surface area contributed by atoms with E-state index in [9.17, 15) is 4.79 Å². The second-order valence-electron chi connectivity index (χ2n) is 5.41. The SMILES string of the molecule is CC(=O)c1ncsc1-c1ccc(C(C)(C)C)cc1. The Morgan fingerprint density at radius 2 is 1.78 bits per heavy atom. The summed E-state index contributed by atoms with van der Waals surface area (Å²) in [6, 6.07) is 8.39. The quantitative estimate of drug-likeness (QED) is 0.752. The van der Waals surface area contributed by atoms with Gasteiger partial charge in [-0.2, -0.15) is 0 Å². The van der Waals surface area contributed by atoms with Gasteiger partial charge in [0.05, 0.1) is 10.4 Å². The highest BCUT2D eigenvalue weighted by atomic mass is 32.1. The molecule has 0 fully saturated rings. The molecular weight excluding hydrogens is 242 g/mol. The fraction of sp³-hybridized carbons (Fsp3) is 0.333. The minimum absolute atomic E-state index is 0.0196. The van der Waals surface area contributed by atoms with Crippen LogP contribution in [0, 0.1) is 0 Å². The maximum Gasteiger partial charge on any atom is 0.179 e. The molecule has 0 bridgehead atoms. The summed E-state index contributed by atoms with van der Waals surface area (Å²) < 4.78 is 0. The first-order valence-corrected chi connectivity index (χ1v) is 6.83. The summed E-state index contributed by atoms with van der Waals surface area (Å²) in [6.07, 6.45) is 0. The zero-order valence-electron chi connectivity index (χ0n) is 11.2. The highest BCUT2D eigenvalue weighted by Crippen LogP contribution is 2.30. The van der Waals surface area contributed by atoms with Crippen LogP contribution in [0.5, 0.6) is 0 Å². The van der Waals surface area contributed by atoms with Crippen molar-refractivity contribution in [1.82, 2.24) is 4.98 Å². The third-order valence-corrected chi connectivity index (χ3v) is 3.79. The summed E-state index contributed by atoms with van der Waals surface area (Å²) in [5.41, 5.74) is 4.80. The molecule has 0 saturated heterocycles. The summed E-state index contributed by atoms with van der Waals surface area (Å²) in [4.78, 5) is 16.6. The van der Waals surface area contributed by atoms with Gasteiger partial charge in [-0.1, -0.05) is 45.0 Å². The van der Waals surface area contributed by atoms with Gasteiger partial charge in [0.25, 0.3) is 0 Å². The molecule has 2 rings (SSSR count). The molecule has 94 valence electrons. The molecule has 18 heavy (non-hydrogen) atoms. The van der Waals surface area contributed by atoms with Gasteiger partial charge >= 0.3 is 0 Å². The molecule has 1 aromatic heterocycles. The van der Waals surface area contributed by atoms with Crippen molar-refractivity contribution in [2.24, 2.45) is 0 Å². The van der Waals surface area contributed by atoms with E-state index in [1.54, 1.807) is 12.4 Å². The highest BCUT2D eigenvalue weighted by molar-refractivity contribution is 7.13. The fourth-order valence-electron chi connectivity index (χ4n) is 1.82. The first-order chi connectivity index (χ1) is 8.39. The van der Waals surface area contributed by atoms with Crippen LogP contribution >= 0.6 is 11.3 Å². The van der Waals surface area contributed by atoms with E-state index in [0.717, 1.165) is 10.4 Å². The number of Topliss-reactive ketones (excluding diaryl/α,β-unsaturated/α-hetero) is 1. The number of carbonyl (C=O) groups excluding carboxylic acids is 1. The van der Waals surface area contributed by atoms with Gasteiger partial charge in [0.2, 0.25) is 0 Å². The third-order valence-electron chi connectivity index (χ3n) is 2.91. The molecule has 0 aliphatic carbocycles. The minimum Gasteiger partial charge on any atom is -0.293 e. The average molecular weight is 259 g/mol. The Hall–Kier alpha value is -1.48. The van der Waals surface area contributed by atoms with Crippen molar-refractivity contribution in [2.45, 2.75) is 33.1 Å². The van der Waals surface area contributed by atoms with Crippen LogP contribution in [0.4, 0.5) is 0 Å². The third kappa shape index (κ3) is 2.51. The first-order valence-electron chi connectivity index (χ1n) is 5.95. The molecule has 0 saturated carbocycles. The van der Waals surface area contributed by atoms with Crippen molar-refractivity contribution in [1.29, 1.82) is 0 Å². The van der Waals surface area contributed by atoms with E-state index in [1.807, 2.05) is 0 Å². The molecule has 0 radical (unpaired) electrons. The van der Waals surface area contributed by atoms with Gasteiger partial charge in [-0.3, -0.25) is 4.79 Å². The molecule has 0 spiro atoms. The average Bonchev–Trinajstić information content (AvgIpc) is 2.77. The lowest BCUT2D eigenvalue weighted by Crippen LogP contribution is -2.10. The molecule has 0 aliphatic rings. The summed E-state index contributed by atoms with van der Waals surface area (Å²) >= 11 is 1.51. The van der Waals surface area contributed by atoms with E-state index < -0.39 is 0 Å². The zero-order chi connectivity index (χ0) is 13.3. The second-order valence-corrected chi connectivity index (χ2v) is 6.27. The van der Waals surface area contributed by atoms with Crippen molar-refractivity contribution >= 4 is 17.1 Å². The molecule has 0 aliphatic heterocycles. The molecule has 1 heterocycles. The van der Waals surface area contributed by atoms with Gasteiger partial charge in [0.1, 0.15) is 5.69 Å². The lowest BCUT2D eigenvalue weighted by Gasteiger charge is -2.19. The first kappa shape index (κ1) is 13.0. The molecule has 0 N–H and O–H groups in total. The summed E-state index contributed by atoms with van der Waals surface area (Å²) in [6.45, 7) is 8.13. The predicted octanol–water partition coefficient (Wildman–Crippen LogP) is 4.31. The number of benzene rings is 1. The molecule has 0 amide bonds. The van der Waals surface area contributed by atoms with Gasteiger partial charge in [0.15, 0.2) is 5.78 Å². The Kier molecular flexibility index (Phi) is 3.35. The number of aromatic nitrogens is 1. The van der Waals surface area contributed by atoms with Gasteiger partial charge in [-0.15, -0.1) is 11.3 Å². The number of rotatable bonds is 2. The van der Waals surface area contributed by atoms with Gasteiger partial charge in [-0.25, -0.2) is 4.98 Å². The summed E-state index contributed by atoms with van der Waals surface area (Å²) in [7, 11) is 0. The van der Waals surface area contributed by atoms with E-state index in [0.29, 0.717) is 5.69 Å². The number of thiazole rings is 1. The Morgan fingerprint density at radius 3 is 2.28 bits per heavy atom. The Morgan fingerprint density at radius 1 is 1.17 bits per heavy atom. The molecule has 2 nitrogen and oxygen atoms in total. The van der Waals surface area contributed by atoms with E-state index in [2.05, 4.69) is 50.0 Å². The topological polar surface area (TPSA) is 30.0 Å². The highest BCUT2D eigenvalue weighted by Gasteiger charge is 2.15. The Bertz CT molecular complexity index is 561. The fourth-order valence-corrected chi connectivity index (χ4v) is 2.67. The van der Waals surface area contributed by atoms with Crippen LogP contribution in [0.1, 0.15) is 43.7 Å². The van der Waals surface area contributed by atoms with Crippen LogP contribution in [-0.4, -0.2) is 10.8 Å². The van der Waals surface area contributed by atoms with Crippen LogP contribution < -0.4 is 0 Å². The maximum absolute atomic E-state index is 11.5. The second kappa shape index (κ2) is 4.65. The van der Waals surface area contributed by atoms with Gasteiger partial charge in [0, 0.05) is 6.92 Å². The number of carbonyl (C=O) groups is 1. The van der Waals surface area contributed by atoms with Gasteiger partial charge in [-0.05, 0) is 16.5 Å². The van der Waals surface area contributed by atoms with E-state index in [-0.39, 0.29) is 11.2 Å². The molecule has 1 aromatic carbocycles. The predicted molar refractivity (Wildman–Crippen MR) is 76.3 cm³/mol. The van der Waals surface area contributed by atoms with E-state index in [4.69, 9.17) is 0 Å². The largest absolute Gasteiger partial charge is 0.293 e. The minimum atomic E-state index is 0.0196. The monoisotopic (exact) mass is 259 g/mol. The van der Waals surface area contributed by atoms with Crippen LogP contribution in [0.2, 0.25) is 0 Å². The Balaban J connectivity index is 2.41. The van der Waals surface area contributed by atoms with Crippen molar-refractivity contribution in [3.8, 4) is 10.4 Å². The molecule has 0 atom stereocenters. The lowest BCUT2D eigenvalue weighted by atomic mass is 9.86. The summed E-state index contributed by atoms with van der Waals surface area (Å²) in [5, 5.41) is 0. The Labute approximate surface area is 112 Å². The maximum atomic E-state index is 11.5. The molecular formula is C15H17NOS. The number of hydrogen-bond donors (Lipinski definition) is 0. The van der Waals surface area contributed by atoms with E-state index >= 15 is 0 Å². The molecule has 2 aromatic rings. The van der Waals surface area contributed by atoms with Crippen LogP contribution in [-0.2, 0) is 5.41 Å².